The molecule has 0 bridgehead atoms. The van der Waals surface area contributed by atoms with E-state index in [4.69, 9.17) is 0 Å². The van der Waals surface area contributed by atoms with Crippen LogP contribution < -0.4 is 11.1 Å². The van der Waals surface area contributed by atoms with Crippen LogP contribution in [0.1, 0.15) is 0 Å². The Morgan fingerprint density at radius 2 is 2.21 bits per heavy atom. The molecule has 6 nitrogen and oxygen atoms in total. The third-order valence-electron chi connectivity index (χ3n) is 1.53. The summed E-state index contributed by atoms with van der Waals surface area (Å²) in [5.41, 5.74) is -0.844. The van der Waals surface area contributed by atoms with E-state index >= 15 is 0 Å². The maximum atomic E-state index is 11.1. The van der Waals surface area contributed by atoms with E-state index in [0.717, 1.165) is 16.8 Å². The van der Waals surface area contributed by atoms with Crippen molar-refractivity contribution < 1.29 is 9.53 Å². The average molecular weight is 198 g/mol. The summed E-state index contributed by atoms with van der Waals surface area (Å²) in [4.78, 5) is 33.0. The van der Waals surface area contributed by atoms with Gasteiger partial charge in [-0.3, -0.25) is 19.5 Å². The highest BCUT2D eigenvalue weighted by atomic mass is 16.5. The Morgan fingerprint density at radius 1 is 1.50 bits per heavy atom. The summed E-state index contributed by atoms with van der Waals surface area (Å²) in [5, 5.41) is 2.24. The van der Waals surface area contributed by atoms with Crippen molar-refractivity contribution in [3.05, 3.63) is 32.8 Å². The molecule has 0 atom stereocenters. The van der Waals surface area contributed by atoms with Crippen molar-refractivity contribution >= 4 is 5.78 Å². The van der Waals surface area contributed by atoms with Crippen LogP contribution >= 0.6 is 0 Å². The molecule has 0 saturated heterocycles. The number of rotatable bonds is 4. The highest BCUT2D eigenvalue weighted by molar-refractivity contribution is 5.79. The number of H-pyrrole nitrogens is 1. The van der Waals surface area contributed by atoms with Gasteiger partial charge in [-0.25, -0.2) is 4.68 Å². The Kier molecular flexibility index (Phi) is 3.35. The second-order valence-corrected chi connectivity index (χ2v) is 2.71. The number of hydrogen-bond donors (Lipinski definition) is 1. The van der Waals surface area contributed by atoms with Crippen LogP contribution in [0.15, 0.2) is 21.7 Å². The minimum absolute atomic E-state index is 0.0800. The SMILES string of the molecule is COCC(=O)Cn1[nH]c(=O)ccc1=O. The summed E-state index contributed by atoms with van der Waals surface area (Å²) in [5.74, 6) is -0.281. The van der Waals surface area contributed by atoms with E-state index in [9.17, 15) is 14.4 Å². The molecule has 0 aliphatic heterocycles. The second-order valence-electron chi connectivity index (χ2n) is 2.71. The number of hydrogen-bond acceptors (Lipinski definition) is 4. The van der Waals surface area contributed by atoms with Crippen LogP contribution in [0.3, 0.4) is 0 Å². The highest BCUT2D eigenvalue weighted by Crippen LogP contribution is 1.78. The monoisotopic (exact) mass is 198 g/mol. The van der Waals surface area contributed by atoms with E-state index in [0.29, 0.717) is 0 Å². The molecular formula is C8H10N2O4. The molecule has 0 aliphatic rings. The lowest BCUT2D eigenvalue weighted by Crippen LogP contribution is -2.31. The van der Waals surface area contributed by atoms with E-state index in [-0.39, 0.29) is 18.9 Å². The lowest BCUT2D eigenvalue weighted by molar-refractivity contribution is -0.123. The molecule has 0 aromatic carbocycles. The average Bonchev–Trinajstić information content (AvgIpc) is 2.12. The predicted molar refractivity (Wildman–Crippen MR) is 48.2 cm³/mol. The van der Waals surface area contributed by atoms with Crippen LogP contribution in [0.4, 0.5) is 0 Å². The van der Waals surface area contributed by atoms with E-state index in [2.05, 4.69) is 9.84 Å². The quantitative estimate of drug-likeness (QED) is 0.655. The van der Waals surface area contributed by atoms with Crippen LogP contribution in [0, 0.1) is 0 Å². The van der Waals surface area contributed by atoms with Crippen LogP contribution in [0.25, 0.3) is 0 Å². The van der Waals surface area contributed by atoms with Crippen LogP contribution in [-0.2, 0) is 16.1 Å². The number of aromatic amines is 1. The summed E-state index contributed by atoms with van der Waals surface area (Å²) in [7, 11) is 1.38. The van der Waals surface area contributed by atoms with Crippen LogP contribution in [0.5, 0.6) is 0 Å². The molecule has 0 radical (unpaired) electrons. The number of nitrogens with zero attached hydrogens (tertiary/aromatic N) is 1. The maximum absolute atomic E-state index is 11.1. The molecule has 1 aromatic heterocycles. The Hall–Kier alpha value is -1.69. The zero-order chi connectivity index (χ0) is 10.6. The van der Waals surface area contributed by atoms with Gasteiger partial charge in [-0.1, -0.05) is 0 Å². The Labute approximate surface area is 79.1 Å². The van der Waals surface area contributed by atoms with Gasteiger partial charge in [0.15, 0.2) is 5.78 Å². The summed E-state index contributed by atoms with van der Waals surface area (Å²) in [6.45, 7) is -0.258. The fourth-order valence-electron chi connectivity index (χ4n) is 0.963. The third kappa shape index (κ3) is 2.67. The number of ether oxygens (including phenoxy) is 1. The van der Waals surface area contributed by atoms with Crippen molar-refractivity contribution in [1.82, 2.24) is 9.78 Å². The van der Waals surface area contributed by atoms with Gasteiger partial charge in [-0.15, -0.1) is 0 Å². The van der Waals surface area contributed by atoms with Gasteiger partial charge in [0, 0.05) is 19.2 Å². The Bertz CT molecular complexity index is 431. The van der Waals surface area contributed by atoms with E-state index in [1.807, 2.05) is 0 Å². The molecular weight excluding hydrogens is 188 g/mol. The number of aromatic nitrogens is 2. The van der Waals surface area contributed by atoms with Crippen molar-refractivity contribution in [2.45, 2.75) is 6.54 Å². The predicted octanol–water partition coefficient (Wildman–Crippen LogP) is -1.25. The molecule has 6 heteroatoms. The smallest absolute Gasteiger partial charge is 0.265 e. The molecule has 14 heavy (non-hydrogen) atoms. The van der Waals surface area contributed by atoms with Crippen molar-refractivity contribution in [3.63, 3.8) is 0 Å². The van der Waals surface area contributed by atoms with E-state index < -0.39 is 11.1 Å². The molecule has 0 aliphatic carbocycles. The second kappa shape index (κ2) is 4.52. The van der Waals surface area contributed by atoms with Gasteiger partial charge in [-0.2, -0.15) is 0 Å². The minimum Gasteiger partial charge on any atom is -0.377 e. The minimum atomic E-state index is -0.422. The Balaban J connectivity index is 2.86. The van der Waals surface area contributed by atoms with Crippen molar-refractivity contribution in [2.75, 3.05) is 13.7 Å². The standard InChI is InChI=1S/C8H10N2O4/c1-14-5-6(11)4-10-8(13)3-2-7(12)9-10/h2-3H,4-5H2,1H3,(H,9,12). The summed E-state index contributed by atoms with van der Waals surface area (Å²) >= 11 is 0. The number of ketones is 1. The van der Waals surface area contributed by atoms with Crippen LogP contribution in [0.2, 0.25) is 0 Å². The van der Waals surface area contributed by atoms with Gasteiger partial charge in [0.1, 0.15) is 13.2 Å². The first-order chi connectivity index (χ1) is 6.63. The molecule has 0 amide bonds. The van der Waals surface area contributed by atoms with Gasteiger partial charge in [0.25, 0.3) is 11.1 Å². The molecule has 1 N–H and O–H groups in total. The molecule has 1 aromatic rings. The largest absolute Gasteiger partial charge is 0.377 e. The number of methoxy groups -OCH3 is 1. The summed E-state index contributed by atoms with van der Waals surface area (Å²) in [6, 6.07) is 2.22. The molecule has 0 spiro atoms. The molecule has 1 heterocycles. The van der Waals surface area contributed by atoms with Crippen molar-refractivity contribution in [2.24, 2.45) is 0 Å². The first-order valence-electron chi connectivity index (χ1n) is 3.94. The lowest BCUT2D eigenvalue weighted by Gasteiger charge is -2.02. The van der Waals surface area contributed by atoms with Crippen LogP contribution in [-0.4, -0.2) is 29.3 Å². The zero-order valence-corrected chi connectivity index (χ0v) is 7.65. The molecule has 0 saturated carbocycles. The van der Waals surface area contributed by atoms with Crippen molar-refractivity contribution in [1.29, 1.82) is 0 Å². The normalized spacial score (nSPS) is 10.1. The number of nitrogens with one attached hydrogen (secondary N) is 1. The summed E-state index contributed by atoms with van der Waals surface area (Å²) < 4.78 is 5.54. The van der Waals surface area contributed by atoms with Crippen molar-refractivity contribution in [3.8, 4) is 0 Å². The van der Waals surface area contributed by atoms with E-state index in [1.54, 1.807) is 0 Å². The number of Topliss-reactive ketones (excluding diaryl/α,β-unsaturated/α-hetero) is 1. The molecule has 1 rings (SSSR count). The van der Waals surface area contributed by atoms with Gasteiger partial charge >= 0.3 is 0 Å². The first kappa shape index (κ1) is 10.4. The number of carbonyl (C=O) groups excluding carboxylic acids is 1. The summed E-state index contributed by atoms with van der Waals surface area (Å²) in [6.07, 6.45) is 0. The first-order valence-corrected chi connectivity index (χ1v) is 3.94. The fraction of sp³-hybridized carbons (Fsp3) is 0.375. The molecule has 0 unspecified atom stereocenters. The van der Waals surface area contributed by atoms with E-state index in [1.165, 1.54) is 7.11 Å². The molecule has 0 fully saturated rings. The molecule has 76 valence electrons. The van der Waals surface area contributed by atoms with Gasteiger partial charge in [0.2, 0.25) is 0 Å². The third-order valence-corrected chi connectivity index (χ3v) is 1.53. The number of carbonyl (C=O) groups is 1. The Morgan fingerprint density at radius 3 is 2.86 bits per heavy atom. The highest BCUT2D eigenvalue weighted by Gasteiger charge is 2.03. The van der Waals surface area contributed by atoms with Gasteiger partial charge < -0.3 is 4.74 Å². The maximum Gasteiger partial charge on any atom is 0.265 e. The topological polar surface area (TPSA) is 81.2 Å². The van der Waals surface area contributed by atoms with Gasteiger partial charge in [-0.05, 0) is 0 Å². The lowest BCUT2D eigenvalue weighted by atomic mass is 10.4. The van der Waals surface area contributed by atoms with Gasteiger partial charge in [0.05, 0.1) is 0 Å². The fourth-order valence-corrected chi connectivity index (χ4v) is 0.963. The zero-order valence-electron chi connectivity index (χ0n) is 7.65.